The van der Waals surface area contributed by atoms with Gasteiger partial charge in [0.25, 0.3) is 0 Å². The smallest absolute Gasteiger partial charge is 0.206 e. The van der Waals surface area contributed by atoms with Crippen molar-refractivity contribution in [2.45, 2.75) is 35.9 Å². The zero-order valence-corrected chi connectivity index (χ0v) is 17.6. The van der Waals surface area contributed by atoms with Crippen LogP contribution in [0.15, 0.2) is 28.6 Å². The van der Waals surface area contributed by atoms with Gasteiger partial charge in [0, 0.05) is 24.5 Å². The average molecular weight is 418 g/mol. The maximum absolute atomic E-state index is 5.35. The molecule has 1 aromatic carbocycles. The molecule has 0 saturated heterocycles. The summed E-state index contributed by atoms with van der Waals surface area (Å²) in [5.74, 6) is 2.33. The Morgan fingerprint density at radius 2 is 2.07 bits per heavy atom. The molecule has 148 valence electrons. The molecule has 4 rings (SSSR count). The van der Waals surface area contributed by atoms with Crippen LogP contribution in [0, 0.1) is 0 Å². The van der Waals surface area contributed by atoms with Crippen LogP contribution >= 0.6 is 23.1 Å². The highest BCUT2D eigenvalue weighted by Crippen LogP contribution is 2.30. The van der Waals surface area contributed by atoms with Crippen LogP contribution in [0.1, 0.15) is 23.4 Å². The predicted octanol–water partition coefficient (Wildman–Crippen LogP) is 3.64. The van der Waals surface area contributed by atoms with Crippen molar-refractivity contribution in [1.29, 1.82) is 0 Å². The average Bonchev–Trinajstić information content (AvgIpc) is 3.42. The van der Waals surface area contributed by atoms with Gasteiger partial charge in [0.15, 0.2) is 15.8 Å². The van der Waals surface area contributed by atoms with Crippen molar-refractivity contribution in [3.8, 4) is 11.5 Å². The zero-order chi connectivity index (χ0) is 19.3. The number of thioether (sulfide) groups is 1. The van der Waals surface area contributed by atoms with Gasteiger partial charge < -0.3 is 14.8 Å². The Morgan fingerprint density at radius 1 is 1.18 bits per heavy atom. The van der Waals surface area contributed by atoms with Crippen molar-refractivity contribution in [3.63, 3.8) is 0 Å². The molecule has 0 radical (unpaired) electrons. The molecule has 0 amide bonds. The fraction of sp³-hybridized carbons (Fsp3) is 0.421. The normalized spacial score (nSPS) is 12.8. The van der Waals surface area contributed by atoms with E-state index in [0.29, 0.717) is 0 Å². The molecular formula is C19H23N5O2S2. The van der Waals surface area contributed by atoms with Crippen LogP contribution < -0.4 is 14.8 Å². The highest BCUT2D eigenvalue weighted by atomic mass is 32.2. The number of hydrogen-bond acceptors (Lipinski definition) is 8. The van der Waals surface area contributed by atoms with Gasteiger partial charge in [-0.3, -0.25) is 4.68 Å². The second kappa shape index (κ2) is 8.83. The quantitative estimate of drug-likeness (QED) is 0.533. The number of ether oxygens (including phenoxy) is 2. The number of nitrogens with one attached hydrogen (secondary N) is 1. The fourth-order valence-corrected chi connectivity index (χ4v) is 4.88. The third kappa shape index (κ3) is 4.41. The van der Waals surface area contributed by atoms with Gasteiger partial charge in [0.2, 0.25) is 5.13 Å². The molecule has 0 bridgehead atoms. The molecule has 7 nitrogen and oxygen atoms in total. The summed E-state index contributed by atoms with van der Waals surface area (Å²) in [6.07, 6.45) is 3.22. The Hall–Kier alpha value is -2.26. The first-order chi connectivity index (χ1) is 13.7. The molecular weight excluding hydrogens is 394 g/mol. The molecule has 3 aromatic rings. The SMILES string of the molecule is COc1ccc(CCNc2nnc(SCc3cc4n(n3)CCC4)s2)cc1OC. The number of fused-ring (bicyclic) bond motifs is 1. The summed E-state index contributed by atoms with van der Waals surface area (Å²) >= 11 is 3.27. The van der Waals surface area contributed by atoms with Crippen LogP contribution in [0.5, 0.6) is 11.5 Å². The molecule has 1 N–H and O–H groups in total. The lowest BCUT2D eigenvalue weighted by molar-refractivity contribution is 0.354. The van der Waals surface area contributed by atoms with Gasteiger partial charge in [-0.05, 0) is 43.0 Å². The Kier molecular flexibility index (Phi) is 6.01. The van der Waals surface area contributed by atoms with Crippen LogP contribution in [-0.4, -0.2) is 40.7 Å². The van der Waals surface area contributed by atoms with Crippen molar-refractivity contribution < 1.29 is 9.47 Å². The third-order valence-electron chi connectivity index (χ3n) is 4.60. The van der Waals surface area contributed by atoms with Crippen molar-refractivity contribution in [1.82, 2.24) is 20.0 Å². The Balaban J connectivity index is 1.25. The van der Waals surface area contributed by atoms with Gasteiger partial charge in [-0.15, -0.1) is 10.2 Å². The topological polar surface area (TPSA) is 74.1 Å². The molecule has 0 aliphatic carbocycles. The van der Waals surface area contributed by atoms with E-state index in [0.717, 1.165) is 58.3 Å². The van der Waals surface area contributed by atoms with E-state index in [4.69, 9.17) is 9.47 Å². The highest BCUT2D eigenvalue weighted by molar-refractivity contribution is 8.00. The van der Waals surface area contributed by atoms with Gasteiger partial charge >= 0.3 is 0 Å². The molecule has 2 aromatic heterocycles. The molecule has 1 aliphatic rings. The minimum atomic E-state index is 0.743. The fourth-order valence-electron chi connectivity index (χ4n) is 3.22. The monoisotopic (exact) mass is 417 g/mol. The van der Waals surface area contributed by atoms with Crippen LogP contribution in [0.3, 0.4) is 0 Å². The first-order valence-electron chi connectivity index (χ1n) is 9.22. The summed E-state index contributed by atoms with van der Waals surface area (Å²) in [6, 6.07) is 8.19. The minimum absolute atomic E-state index is 0.743. The van der Waals surface area contributed by atoms with E-state index in [2.05, 4.69) is 31.4 Å². The number of anilines is 1. The van der Waals surface area contributed by atoms with Gasteiger partial charge in [-0.1, -0.05) is 29.2 Å². The van der Waals surface area contributed by atoms with Gasteiger partial charge in [0.1, 0.15) is 0 Å². The number of nitrogens with zero attached hydrogens (tertiary/aromatic N) is 4. The summed E-state index contributed by atoms with van der Waals surface area (Å²) in [5, 5.41) is 17.3. The van der Waals surface area contributed by atoms with Crippen molar-refractivity contribution >= 4 is 28.2 Å². The summed E-state index contributed by atoms with van der Waals surface area (Å²) < 4.78 is 13.7. The third-order valence-corrected chi connectivity index (χ3v) is 6.65. The zero-order valence-electron chi connectivity index (χ0n) is 16.0. The highest BCUT2D eigenvalue weighted by Gasteiger charge is 2.14. The summed E-state index contributed by atoms with van der Waals surface area (Å²) in [7, 11) is 3.29. The maximum atomic E-state index is 5.35. The Bertz CT molecular complexity index is 919. The number of methoxy groups -OCH3 is 2. The summed E-state index contributed by atoms with van der Waals surface area (Å²) in [5.41, 5.74) is 3.65. The number of hydrogen-bond donors (Lipinski definition) is 1. The molecule has 1 aliphatic heterocycles. The van der Waals surface area contributed by atoms with Crippen molar-refractivity contribution in [2.24, 2.45) is 0 Å². The van der Waals surface area contributed by atoms with Gasteiger partial charge in [0.05, 0.1) is 19.9 Å². The first-order valence-corrected chi connectivity index (χ1v) is 11.0. The first kappa shape index (κ1) is 19.1. The minimum Gasteiger partial charge on any atom is -0.493 e. The second-order valence-corrected chi connectivity index (χ2v) is 8.68. The molecule has 9 heteroatoms. The van der Waals surface area contributed by atoms with E-state index in [9.17, 15) is 0 Å². The van der Waals surface area contributed by atoms with Crippen LogP contribution in [0.4, 0.5) is 5.13 Å². The molecule has 28 heavy (non-hydrogen) atoms. The van der Waals surface area contributed by atoms with Crippen LogP contribution in [-0.2, 0) is 25.1 Å². The van der Waals surface area contributed by atoms with Crippen LogP contribution in [0.2, 0.25) is 0 Å². The molecule has 0 spiro atoms. The lowest BCUT2D eigenvalue weighted by Crippen LogP contribution is -2.04. The number of aromatic nitrogens is 4. The summed E-state index contributed by atoms with van der Waals surface area (Å²) in [4.78, 5) is 0. The van der Waals surface area contributed by atoms with E-state index in [1.54, 1.807) is 37.3 Å². The molecule has 0 unspecified atom stereocenters. The Morgan fingerprint density at radius 3 is 2.89 bits per heavy atom. The van der Waals surface area contributed by atoms with E-state index in [1.165, 1.54) is 17.7 Å². The molecule has 3 heterocycles. The second-order valence-electron chi connectivity index (χ2n) is 6.48. The lowest BCUT2D eigenvalue weighted by atomic mass is 10.1. The van der Waals surface area contributed by atoms with Crippen molar-refractivity contribution in [3.05, 3.63) is 41.2 Å². The standard InChI is InChI=1S/C19H23N5O2S2/c1-25-16-6-5-13(10-17(16)26-2)7-8-20-18-21-22-19(28-18)27-12-14-11-15-4-3-9-24(15)23-14/h5-6,10-11H,3-4,7-9,12H2,1-2H3,(H,20,21). The van der Waals surface area contributed by atoms with Gasteiger partial charge in [-0.25, -0.2) is 0 Å². The van der Waals surface area contributed by atoms with E-state index in [1.807, 2.05) is 18.2 Å². The number of rotatable bonds is 9. The van der Waals surface area contributed by atoms with E-state index < -0.39 is 0 Å². The molecule has 0 atom stereocenters. The lowest BCUT2D eigenvalue weighted by Gasteiger charge is -2.09. The summed E-state index contributed by atoms with van der Waals surface area (Å²) in [6.45, 7) is 1.83. The van der Waals surface area contributed by atoms with E-state index >= 15 is 0 Å². The van der Waals surface area contributed by atoms with E-state index in [-0.39, 0.29) is 0 Å². The van der Waals surface area contributed by atoms with Gasteiger partial charge in [-0.2, -0.15) is 5.10 Å². The Labute approximate surface area is 172 Å². The van der Waals surface area contributed by atoms with Crippen LogP contribution in [0.25, 0.3) is 0 Å². The molecule has 0 saturated carbocycles. The maximum Gasteiger partial charge on any atom is 0.206 e. The molecule has 0 fully saturated rings. The van der Waals surface area contributed by atoms with Crippen molar-refractivity contribution in [2.75, 3.05) is 26.1 Å². The number of aryl methyl sites for hydroxylation is 2. The number of benzene rings is 1. The largest absolute Gasteiger partial charge is 0.493 e. The predicted molar refractivity (Wildman–Crippen MR) is 112 cm³/mol.